The summed E-state index contributed by atoms with van der Waals surface area (Å²) in [4.78, 5) is 31.5. The number of anilines is 1. The number of pyridine rings is 1. The molecule has 3 heterocycles. The molecule has 18 heteroatoms. The molecule has 3 N–H and O–H groups in total. The van der Waals surface area contributed by atoms with E-state index in [2.05, 4.69) is 39.3 Å². The van der Waals surface area contributed by atoms with Gasteiger partial charge in [-0.1, -0.05) is 29.7 Å². The van der Waals surface area contributed by atoms with Crippen LogP contribution in [0.1, 0.15) is 66.6 Å². The van der Waals surface area contributed by atoms with Gasteiger partial charge in [-0.2, -0.15) is 19.0 Å². The molecule has 0 radical (unpaired) electrons. The van der Waals surface area contributed by atoms with E-state index in [1.807, 2.05) is 0 Å². The molecular formula is C41H38ClF6N7O4. The number of nitrogens with zero attached hydrogens (tertiary/aromatic N) is 5. The van der Waals surface area contributed by atoms with Gasteiger partial charge in [0.05, 0.1) is 46.6 Å². The summed E-state index contributed by atoms with van der Waals surface area (Å²) in [6.45, 7) is 5.50. The zero-order chi connectivity index (χ0) is 43.0. The zero-order valence-electron chi connectivity index (χ0n) is 32.1. The van der Waals surface area contributed by atoms with Gasteiger partial charge in [0.2, 0.25) is 11.8 Å². The highest BCUT2D eigenvalue weighted by Gasteiger charge is 2.52. The molecule has 1 aliphatic carbocycles. The maximum absolute atomic E-state index is 15.6. The van der Waals surface area contributed by atoms with Crippen LogP contribution in [-0.2, 0) is 46.7 Å². The molecule has 0 fully saturated rings. The van der Waals surface area contributed by atoms with Crippen LogP contribution in [0.3, 0.4) is 0 Å². The number of halogens is 7. The Hall–Kier alpha value is -5.70. The number of benzene rings is 2. The van der Waals surface area contributed by atoms with Crippen LogP contribution >= 0.6 is 11.6 Å². The van der Waals surface area contributed by atoms with E-state index in [9.17, 15) is 32.3 Å². The Morgan fingerprint density at radius 2 is 1.80 bits per heavy atom. The average Bonchev–Trinajstić information content (AvgIpc) is 3.77. The van der Waals surface area contributed by atoms with Crippen molar-refractivity contribution in [2.75, 3.05) is 19.0 Å². The van der Waals surface area contributed by atoms with Gasteiger partial charge in [0.25, 0.3) is 12.3 Å². The van der Waals surface area contributed by atoms with Crippen LogP contribution in [0.15, 0.2) is 55.1 Å². The summed E-state index contributed by atoms with van der Waals surface area (Å²) in [6, 6.07) is 7.71. The maximum atomic E-state index is 15.6. The van der Waals surface area contributed by atoms with Crippen molar-refractivity contribution in [3.05, 3.63) is 106 Å². The number of carbonyl (C=O) groups is 2. The molecule has 0 bridgehead atoms. The molecule has 6 rings (SSSR count). The molecule has 2 amide bonds. The molecule has 1 aliphatic rings. The number of hydrogen-bond acceptors (Lipinski definition) is 7. The number of aliphatic hydroxyl groups is 1. The van der Waals surface area contributed by atoms with E-state index in [1.165, 1.54) is 31.7 Å². The largest absolute Gasteiger partial charge is 0.384 e. The molecular weight excluding hydrogens is 804 g/mol. The van der Waals surface area contributed by atoms with Gasteiger partial charge in [-0.05, 0) is 68.5 Å². The zero-order valence-corrected chi connectivity index (χ0v) is 32.9. The maximum Gasteiger partial charge on any atom is 0.296 e. The van der Waals surface area contributed by atoms with Crippen molar-refractivity contribution in [2.24, 2.45) is 13.0 Å². The summed E-state index contributed by atoms with van der Waals surface area (Å²) < 4.78 is 95.5. The Bertz CT molecular complexity index is 2500. The number of alkyl halides is 4. The molecule has 11 nitrogen and oxygen atoms in total. The molecule has 310 valence electrons. The first-order chi connectivity index (χ1) is 27.8. The molecule has 2 atom stereocenters. The van der Waals surface area contributed by atoms with Crippen LogP contribution in [-0.4, -0.2) is 60.8 Å². The molecule has 0 aliphatic heterocycles. The second kappa shape index (κ2) is 16.9. The summed E-state index contributed by atoms with van der Waals surface area (Å²) in [5, 5.41) is 24.6. The molecule has 3 aromatic heterocycles. The highest BCUT2D eigenvalue weighted by atomic mass is 35.5. The number of aryl methyl sites for hydroxylation is 1. The fraction of sp³-hybridized carbons (Fsp3) is 0.341. The highest BCUT2D eigenvalue weighted by Crippen LogP contribution is 2.49. The lowest BCUT2D eigenvalue weighted by Gasteiger charge is -2.23. The smallest absolute Gasteiger partial charge is 0.296 e. The van der Waals surface area contributed by atoms with Gasteiger partial charge in [-0.15, -0.1) is 6.58 Å². The number of rotatable bonds is 13. The third kappa shape index (κ3) is 9.14. The van der Waals surface area contributed by atoms with Gasteiger partial charge in [-0.25, -0.2) is 22.5 Å². The van der Waals surface area contributed by atoms with Gasteiger partial charge in [-0.3, -0.25) is 19.0 Å². The first-order valence-electron chi connectivity index (χ1n) is 18.1. The molecule has 0 spiro atoms. The lowest BCUT2D eigenvalue weighted by atomic mass is 9.93. The quantitative estimate of drug-likeness (QED) is 0.0641. The minimum absolute atomic E-state index is 0.0202. The minimum atomic E-state index is -3.68. The number of fused-ring (bicyclic) bond motifs is 2. The van der Waals surface area contributed by atoms with E-state index < -0.39 is 77.7 Å². The van der Waals surface area contributed by atoms with Crippen LogP contribution in [0.2, 0.25) is 5.02 Å². The second-order valence-corrected chi connectivity index (χ2v) is 14.9. The van der Waals surface area contributed by atoms with E-state index in [0.717, 1.165) is 18.2 Å². The number of amides is 2. The SMILES string of the molecule is C=C[C@@H]1Cc2c(C(F)F)nn(CC(=O)N[C@@H](Cc3cc(F)cc(F)c3)c3nc(C#CC(C)(C)O)ccc3-c3ccc(Cl)c4c(NC(=O)CCOC)nn(C)c34)c2C1(F)F. The monoisotopic (exact) mass is 841 g/mol. The Morgan fingerprint density at radius 1 is 1.10 bits per heavy atom. The molecule has 59 heavy (non-hydrogen) atoms. The number of allylic oxidation sites excluding steroid dienone is 1. The van der Waals surface area contributed by atoms with Crippen LogP contribution in [0, 0.1) is 29.4 Å². The summed E-state index contributed by atoms with van der Waals surface area (Å²) in [7, 11) is 3.05. The molecule has 0 saturated heterocycles. The van der Waals surface area contributed by atoms with Crippen LogP contribution in [0.4, 0.5) is 32.2 Å². The van der Waals surface area contributed by atoms with E-state index >= 15 is 8.78 Å². The Labute approximate surface area is 339 Å². The lowest BCUT2D eigenvalue weighted by Crippen LogP contribution is -2.35. The number of aromatic nitrogens is 5. The molecule has 0 saturated carbocycles. The number of methoxy groups -OCH3 is 1. The van der Waals surface area contributed by atoms with Crippen molar-refractivity contribution in [3.8, 4) is 23.0 Å². The Morgan fingerprint density at radius 3 is 2.44 bits per heavy atom. The molecule has 2 aromatic carbocycles. The van der Waals surface area contributed by atoms with E-state index in [1.54, 1.807) is 25.2 Å². The average molecular weight is 842 g/mol. The van der Waals surface area contributed by atoms with E-state index in [-0.39, 0.29) is 52.8 Å². The summed E-state index contributed by atoms with van der Waals surface area (Å²) in [5.41, 5.74) is -2.25. The van der Waals surface area contributed by atoms with Crippen molar-refractivity contribution in [1.29, 1.82) is 0 Å². The van der Waals surface area contributed by atoms with Crippen molar-refractivity contribution >= 4 is 40.1 Å². The predicted octanol–water partition coefficient (Wildman–Crippen LogP) is 7.35. The minimum Gasteiger partial charge on any atom is -0.384 e. The fourth-order valence-corrected chi connectivity index (χ4v) is 7.26. The highest BCUT2D eigenvalue weighted by molar-refractivity contribution is 6.37. The number of carbonyl (C=O) groups excluding carboxylic acids is 2. The fourth-order valence-electron chi connectivity index (χ4n) is 7.02. The normalized spacial score (nSPS) is 15.2. The van der Waals surface area contributed by atoms with Crippen molar-refractivity contribution < 1.29 is 45.8 Å². The lowest BCUT2D eigenvalue weighted by molar-refractivity contribution is -0.123. The number of hydrogen-bond donors (Lipinski definition) is 3. The summed E-state index contributed by atoms with van der Waals surface area (Å²) in [6.07, 6.45) is -3.03. The third-order valence-electron chi connectivity index (χ3n) is 9.54. The third-order valence-corrected chi connectivity index (χ3v) is 9.85. The second-order valence-electron chi connectivity index (χ2n) is 14.5. The number of nitrogens with one attached hydrogen (secondary N) is 2. The van der Waals surface area contributed by atoms with Crippen LogP contribution < -0.4 is 10.6 Å². The molecule has 0 unspecified atom stereocenters. The predicted molar refractivity (Wildman–Crippen MR) is 207 cm³/mol. The van der Waals surface area contributed by atoms with Gasteiger partial charge in [0.1, 0.15) is 40.9 Å². The van der Waals surface area contributed by atoms with Crippen molar-refractivity contribution in [1.82, 2.24) is 29.9 Å². The van der Waals surface area contributed by atoms with E-state index in [4.69, 9.17) is 21.3 Å². The Kier molecular flexibility index (Phi) is 12.3. The summed E-state index contributed by atoms with van der Waals surface area (Å²) in [5.74, 6) is -2.87. The van der Waals surface area contributed by atoms with Gasteiger partial charge >= 0.3 is 0 Å². The first kappa shape index (κ1) is 42.9. The van der Waals surface area contributed by atoms with Crippen LogP contribution in [0.5, 0.6) is 0 Å². The van der Waals surface area contributed by atoms with Crippen molar-refractivity contribution in [3.63, 3.8) is 0 Å². The topological polar surface area (TPSA) is 136 Å². The van der Waals surface area contributed by atoms with Gasteiger partial charge in [0.15, 0.2) is 5.82 Å². The van der Waals surface area contributed by atoms with Crippen LogP contribution in [0.25, 0.3) is 22.0 Å². The molecule has 5 aromatic rings. The summed E-state index contributed by atoms with van der Waals surface area (Å²) >= 11 is 6.69. The Balaban J connectivity index is 1.52. The van der Waals surface area contributed by atoms with Crippen molar-refractivity contribution in [2.45, 2.75) is 63.6 Å². The number of ether oxygens (including phenoxy) is 1. The standard InChI is InChI=1S/C41H38ClF6N7O4/c1-6-22-18-28-35(38(45)46)52-55(37(28)41(22,47)48)20-32(57)50-30(17-21-15-23(43)19-24(44)16-21)34-26(8-7-25(49-34)11-13-40(2,3)58)27-9-10-29(42)33-36(27)54(4)53-39(33)51-31(56)12-14-59-5/h6-10,15-16,19,22,30,38,58H,1,12,14,17-18,20H2,2-5H3,(H,50,57)(H,51,53,56)/t22-,30+/m1/s1. The first-order valence-corrected chi connectivity index (χ1v) is 18.5. The van der Waals surface area contributed by atoms with E-state index in [0.29, 0.717) is 32.8 Å². The van der Waals surface area contributed by atoms with Gasteiger partial charge < -0.3 is 20.5 Å². The van der Waals surface area contributed by atoms with Gasteiger partial charge in [0, 0.05) is 36.9 Å².